The monoisotopic (exact) mass is 209 g/mol. The summed E-state index contributed by atoms with van der Waals surface area (Å²) >= 11 is 0. The molecular weight excluding hydrogens is 190 g/mol. The van der Waals surface area contributed by atoms with E-state index in [0.29, 0.717) is 5.92 Å². The molecule has 3 nitrogen and oxygen atoms in total. The lowest BCUT2D eigenvalue weighted by Gasteiger charge is -2.21. The average Bonchev–Trinajstić information content (AvgIpc) is 2.74. The lowest BCUT2D eigenvalue weighted by atomic mass is 9.89. The van der Waals surface area contributed by atoms with Crippen molar-refractivity contribution in [2.24, 2.45) is 17.8 Å². The second-order valence-electron chi connectivity index (χ2n) is 5.12. The van der Waals surface area contributed by atoms with E-state index in [9.17, 15) is 9.59 Å². The molecule has 0 aromatic heterocycles. The van der Waals surface area contributed by atoms with Crippen LogP contribution in [0.5, 0.6) is 0 Å². The van der Waals surface area contributed by atoms with Crippen LogP contribution in [0.25, 0.3) is 0 Å². The topological polar surface area (TPSA) is 46.2 Å². The van der Waals surface area contributed by atoms with Crippen molar-refractivity contribution < 1.29 is 9.59 Å². The molecule has 3 atom stereocenters. The third-order valence-corrected chi connectivity index (χ3v) is 3.86. The van der Waals surface area contributed by atoms with E-state index in [0.717, 1.165) is 18.4 Å². The van der Waals surface area contributed by atoms with E-state index in [2.05, 4.69) is 5.32 Å². The quantitative estimate of drug-likeness (QED) is 0.713. The summed E-state index contributed by atoms with van der Waals surface area (Å²) < 4.78 is 0. The van der Waals surface area contributed by atoms with E-state index in [-0.39, 0.29) is 18.1 Å². The van der Waals surface area contributed by atoms with Gasteiger partial charge in [0.2, 0.25) is 5.91 Å². The highest BCUT2D eigenvalue weighted by molar-refractivity contribution is 5.96. The zero-order valence-corrected chi connectivity index (χ0v) is 9.29. The van der Waals surface area contributed by atoms with Crippen LogP contribution in [0.3, 0.4) is 0 Å². The Morgan fingerprint density at radius 2 is 2.07 bits per heavy atom. The second kappa shape index (κ2) is 4.33. The molecule has 1 amide bonds. The van der Waals surface area contributed by atoms with Crippen LogP contribution in [0.1, 0.15) is 39.0 Å². The number of Topliss-reactive ketones (excluding diaryl/α,β-unsaturated/α-hetero) is 1. The Morgan fingerprint density at radius 1 is 1.27 bits per heavy atom. The van der Waals surface area contributed by atoms with Gasteiger partial charge in [-0.25, -0.2) is 0 Å². The van der Waals surface area contributed by atoms with Crippen molar-refractivity contribution in [1.29, 1.82) is 0 Å². The lowest BCUT2D eigenvalue weighted by molar-refractivity contribution is -0.127. The molecule has 15 heavy (non-hydrogen) atoms. The molecule has 2 aliphatic carbocycles. The van der Waals surface area contributed by atoms with Crippen molar-refractivity contribution in [1.82, 2.24) is 5.32 Å². The summed E-state index contributed by atoms with van der Waals surface area (Å²) in [5.74, 6) is 2.28. The van der Waals surface area contributed by atoms with Gasteiger partial charge in [-0.1, -0.05) is 6.42 Å². The minimum absolute atomic E-state index is 0.0425. The van der Waals surface area contributed by atoms with Crippen molar-refractivity contribution in [3.05, 3.63) is 0 Å². The standard InChI is InChI=1S/C12H19NO2/c1-8(14)4-12(15)13-7-11-6-9-2-3-10(11)5-9/h9-11H,2-7H2,1H3,(H,13,15)/t9-,10-,11-/m1/s1. The van der Waals surface area contributed by atoms with E-state index in [1.54, 1.807) is 0 Å². The SMILES string of the molecule is CC(=O)CC(=O)NC[C@H]1C[C@@H]2CC[C@@H]1C2. The van der Waals surface area contributed by atoms with Crippen LogP contribution in [0.2, 0.25) is 0 Å². The Labute approximate surface area is 90.6 Å². The fourth-order valence-electron chi connectivity index (χ4n) is 3.16. The number of amides is 1. The fourth-order valence-corrected chi connectivity index (χ4v) is 3.16. The summed E-state index contributed by atoms with van der Waals surface area (Å²) in [5.41, 5.74) is 0. The molecule has 0 aromatic rings. The first-order valence-electron chi connectivity index (χ1n) is 5.91. The van der Waals surface area contributed by atoms with Crippen molar-refractivity contribution in [2.45, 2.75) is 39.0 Å². The van der Waals surface area contributed by atoms with Crippen LogP contribution in [-0.2, 0) is 9.59 Å². The van der Waals surface area contributed by atoms with Gasteiger partial charge in [0.05, 0.1) is 6.42 Å². The highest BCUT2D eigenvalue weighted by atomic mass is 16.2. The predicted octanol–water partition coefficient (Wildman–Crippen LogP) is 1.52. The van der Waals surface area contributed by atoms with Crippen LogP contribution < -0.4 is 5.32 Å². The molecule has 0 heterocycles. The Kier molecular flexibility index (Phi) is 3.08. The first kappa shape index (κ1) is 10.7. The number of fused-ring (bicyclic) bond motifs is 2. The number of carbonyl (C=O) groups excluding carboxylic acids is 2. The van der Waals surface area contributed by atoms with E-state index in [1.807, 2.05) is 0 Å². The van der Waals surface area contributed by atoms with Crippen molar-refractivity contribution >= 4 is 11.7 Å². The van der Waals surface area contributed by atoms with Crippen LogP contribution >= 0.6 is 0 Å². The number of hydrogen-bond donors (Lipinski definition) is 1. The molecule has 2 aliphatic rings. The zero-order chi connectivity index (χ0) is 10.8. The molecule has 0 radical (unpaired) electrons. The van der Waals surface area contributed by atoms with Crippen LogP contribution in [0.4, 0.5) is 0 Å². The largest absolute Gasteiger partial charge is 0.355 e. The Hall–Kier alpha value is -0.860. The number of hydrogen-bond acceptors (Lipinski definition) is 2. The van der Waals surface area contributed by atoms with E-state index >= 15 is 0 Å². The minimum atomic E-state index is -0.106. The van der Waals surface area contributed by atoms with Gasteiger partial charge in [-0.2, -0.15) is 0 Å². The molecule has 3 heteroatoms. The highest BCUT2D eigenvalue weighted by Gasteiger charge is 2.39. The summed E-state index contributed by atoms with van der Waals surface area (Å²) in [6.45, 7) is 2.24. The molecule has 0 spiro atoms. The third-order valence-electron chi connectivity index (χ3n) is 3.86. The van der Waals surface area contributed by atoms with Crippen LogP contribution in [0, 0.1) is 17.8 Å². The smallest absolute Gasteiger partial charge is 0.227 e. The number of rotatable bonds is 4. The molecule has 0 unspecified atom stereocenters. The van der Waals surface area contributed by atoms with E-state index < -0.39 is 0 Å². The van der Waals surface area contributed by atoms with Gasteiger partial charge in [-0.3, -0.25) is 9.59 Å². The maximum Gasteiger partial charge on any atom is 0.227 e. The van der Waals surface area contributed by atoms with Crippen LogP contribution in [0.15, 0.2) is 0 Å². The summed E-state index contributed by atoms with van der Waals surface area (Å²) in [6.07, 6.45) is 5.43. The summed E-state index contributed by atoms with van der Waals surface area (Å²) in [4.78, 5) is 22.0. The Balaban J connectivity index is 1.70. The van der Waals surface area contributed by atoms with Gasteiger partial charge in [0.25, 0.3) is 0 Å². The minimum Gasteiger partial charge on any atom is -0.355 e. The number of ketones is 1. The average molecular weight is 209 g/mol. The van der Waals surface area contributed by atoms with Crippen molar-refractivity contribution in [3.63, 3.8) is 0 Å². The maximum absolute atomic E-state index is 11.3. The van der Waals surface area contributed by atoms with E-state index in [4.69, 9.17) is 0 Å². The molecule has 2 bridgehead atoms. The van der Waals surface area contributed by atoms with Gasteiger partial charge >= 0.3 is 0 Å². The summed E-state index contributed by atoms with van der Waals surface area (Å²) in [6, 6.07) is 0. The molecule has 2 fully saturated rings. The molecular formula is C12H19NO2. The van der Waals surface area contributed by atoms with Gasteiger partial charge in [0, 0.05) is 6.54 Å². The highest BCUT2D eigenvalue weighted by Crippen LogP contribution is 2.47. The molecule has 84 valence electrons. The van der Waals surface area contributed by atoms with Crippen molar-refractivity contribution in [2.75, 3.05) is 6.54 Å². The Morgan fingerprint density at radius 3 is 2.60 bits per heavy atom. The molecule has 0 aliphatic heterocycles. The van der Waals surface area contributed by atoms with Gasteiger partial charge < -0.3 is 5.32 Å². The third kappa shape index (κ3) is 2.58. The zero-order valence-electron chi connectivity index (χ0n) is 9.29. The number of nitrogens with one attached hydrogen (secondary N) is 1. The first-order chi connectivity index (χ1) is 7.15. The van der Waals surface area contributed by atoms with Gasteiger partial charge in [0.1, 0.15) is 5.78 Å². The molecule has 1 N–H and O–H groups in total. The second-order valence-corrected chi connectivity index (χ2v) is 5.12. The summed E-state index contributed by atoms with van der Waals surface area (Å²) in [5, 5.41) is 2.88. The van der Waals surface area contributed by atoms with Gasteiger partial charge in [0.15, 0.2) is 0 Å². The Bertz CT molecular complexity index is 275. The fraction of sp³-hybridized carbons (Fsp3) is 0.833. The normalized spacial score (nSPS) is 33.0. The molecule has 2 saturated carbocycles. The number of carbonyl (C=O) groups is 2. The molecule has 2 rings (SSSR count). The first-order valence-corrected chi connectivity index (χ1v) is 5.91. The molecule has 0 aromatic carbocycles. The lowest BCUT2D eigenvalue weighted by Crippen LogP contribution is -2.32. The van der Waals surface area contributed by atoms with Crippen molar-refractivity contribution in [3.8, 4) is 0 Å². The maximum atomic E-state index is 11.3. The van der Waals surface area contributed by atoms with Gasteiger partial charge in [-0.05, 0) is 43.9 Å². The predicted molar refractivity (Wildman–Crippen MR) is 57.2 cm³/mol. The van der Waals surface area contributed by atoms with E-state index in [1.165, 1.54) is 32.6 Å². The van der Waals surface area contributed by atoms with Crippen LogP contribution in [-0.4, -0.2) is 18.2 Å². The van der Waals surface area contributed by atoms with Gasteiger partial charge in [-0.15, -0.1) is 0 Å². The summed E-state index contributed by atoms with van der Waals surface area (Å²) in [7, 11) is 0. The molecule has 0 saturated heterocycles.